The van der Waals surface area contributed by atoms with Gasteiger partial charge < -0.3 is 10.1 Å². The fraction of sp³-hybridized carbons (Fsp3) is 0.312. The van der Waals surface area contributed by atoms with Crippen LogP contribution in [0.25, 0.3) is 0 Å². The van der Waals surface area contributed by atoms with Crippen LogP contribution in [-0.4, -0.2) is 22.2 Å². The second kappa shape index (κ2) is 6.60. The van der Waals surface area contributed by atoms with E-state index in [0.29, 0.717) is 5.69 Å². The van der Waals surface area contributed by atoms with Gasteiger partial charge in [0.05, 0.1) is 6.10 Å². The first-order valence-corrected chi connectivity index (χ1v) is 7.45. The molecule has 0 spiro atoms. The highest BCUT2D eigenvalue weighted by Gasteiger charge is 2.18. The van der Waals surface area contributed by atoms with Gasteiger partial charge in [0.2, 0.25) is 0 Å². The van der Waals surface area contributed by atoms with Gasteiger partial charge in [0.15, 0.2) is 11.6 Å². The first-order chi connectivity index (χ1) is 11.1. The van der Waals surface area contributed by atoms with Crippen molar-refractivity contribution in [1.29, 1.82) is 0 Å². The smallest absolute Gasteiger partial charge is 0.276 e. The summed E-state index contributed by atoms with van der Waals surface area (Å²) in [6, 6.07) is 6.76. The number of carbonyl (C=O) groups is 1. The molecule has 0 saturated heterocycles. The molecule has 23 heavy (non-hydrogen) atoms. The van der Waals surface area contributed by atoms with Gasteiger partial charge in [0.25, 0.3) is 11.5 Å². The monoisotopic (exact) mass is 317 g/mol. The third-order valence-electron chi connectivity index (χ3n) is 3.70. The maximum Gasteiger partial charge on any atom is 0.276 e. The van der Waals surface area contributed by atoms with E-state index in [1.54, 1.807) is 6.07 Å². The predicted octanol–water partition coefficient (Wildman–Crippen LogP) is 2.48. The molecule has 1 fully saturated rings. The quantitative estimate of drug-likeness (QED) is 0.907. The standard InChI is InChI=1S/C16H16FN3O3/c17-12-9-10(5-7-14(12)23-11-3-1-2-4-11)18-16(22)13-6-8-15(21)20-19-13/h5-9,11H,1-4H2,(H,18,22)(H,20,21). The van der Waals surface area contributed by atoms with Crippen LogP contribution in [0.15, 0.2) is 35.1 Å². The number of rotatable bonds is 4. The minimum Gasteiger partial charge on any atom is -0.487 e. The van der Waals surface area contributed by atoms with Crippen LogP contribution in [0.3, 0.4) is 0 Å². The van der Waals surface area contributed by atoms with E-state index in [-0.39, 0.29) is 17.5 Å². The number of aromatic amines is 1. The van der Waals surface area contributed by atoms with Crippen LogP contribution in [0, 0.1) is 5.82 Å². The maximum atomic E-state index is 14.1. The molecule has 120 valence electrons. The first kappa shape index (κ1) is 15.2. The van der Waals surface area contributed by atoms with Crippen LogP contribution in [-0.2, 0) is 0 Å². The number of anilines is 1. The predicted molar refractivity (Wildman–Crippen MR) is 82.1 cm³/mol. The summed E-state index contributed by atoms with van der Waals surface area (Å²) in [6.45, 7) is 0. The van der Waals surface area contributed by atoms with Gasteiger partial charge >= 0.3 is 0 Å². The zero-order chi connectivity index (χ0) is 16.2. The summed E-state index contributed by atoms with van der Waals surface area (Å²) < 4.78 is 19.7. The van der Waals surface area contributed by atoms with Gasteiger partial charge in [-0.15, -0.1) is 0 Å². The lowest BCUT2D eigenvalue weighted by Crippen LogP contribution is -2.17. The number of ether oxygens (including phenoxy) is 1. The molecule has 1 aliphatic rings. The van der Waals surface area contributed by atoms with E-state index in [4.69, 9.17) is 4.74 Å². The van der Waals surface area contributed by atoms with Gasteiger partial charge in [0, 0.05) is 17.8 Å². The van der Waals surface area contributed by atoms with E-state index in [0.717, 1.165) is 25.7 Å². The highest BCUT2D eigenvalue weighted by atomic mass is 19.1. The molecule has 3 rings (SSSR count). The first-order valence-electron chi connectivity index (χ1n) is 7.45. The van der Waals surface area contributed by atoms with Crippen molar-refractivity contribution in [3.63, 3.8) is 0 Å². The zero-order valence-electron chi connectivity index (χ0n) is 12.3. The summed E-state index contributed by atoms with van der Waals surface area (Å²) in [5.74, 6) is -0.869. The van der Waals surface area contributed by atoms with Crippen LogP contribution in [0.5, 0.6) is 5.75 Å². The molecule has 1 aromatic heterocycles. The van der Waals surface area contributed by atoms with E-state index >= 15 is 0 Å². The topological polar surface area (TPSA) is 84.1 Å². The maximum absolute atomic E-state index is 14.1. The molecule has 2 N–H and O–H groups in total. The van der Waals surface area contributed by atoms with Crippen molar-refractivity contribution in [2.45, 2.75) is 31.8 Å². The van der Waals surface area contributed by atoms with Crippen molar-refractivity contribution in [2.75, 3.05) is 5.32 Å². The van der Waals surface area contributed by atoms with Crippen LogP contribution in [0.4, 0.5) is 10.1 Å². The number of aromatic nitrogens is 2. The number of H-pyrrole nitrogens is 1. The molecule has 0 atom stereocenters. The number of nitrogens with zero attached hydrogens (tertiary/aromatic N) is 1. The summed E-state index contributed by atoms with van der Waals surface area (Å²) in [7, 11) is 0. The molecule has 1 saturated carbocycles. The molecule has 0 unspecified atom stereocenters. The summed E-state index contributed by atoms with van der Waals surface area (Å²) in [6.07, 6.45) is 4.15. The molecule has 1 amide bonds. The second-order valence-electron chi connectivity index (χ2n) is 5.43. The molecule has 1 aliphatic carbocycles. The van der Waals surface area contributed by atoms with E-state index in [1.165, 1.54) is 24.3 Å². The lowest BCUT2D eigenvalue weighted by atomic mass is 10.2. The van der Waals surface area contributed by atoms with Gasteiger partial charge in [-0.3, -0.25) is 9.59 Å². The van der Waals surface area contributed by atoms with E-state index in [2.05, 4.69) is 15.5 Å². The van der Waals surface area contributed by atoms with Gasteiger partial charge in [-0.2, -0.15) is 5.10 Å². The Balaban J connectivity index is 1.68. The van der Waals surface area contributed by atoms with Crippen LogP contribution in [0.2, 0.25) is 0 Å². The summed E-state index contributed by atoms with van der Waals surface area (Å²) >= 11 is 0. The zero-order valence-corrected chi connectivity index (χ0v) is 12.3. The highest BCUT2D eigenvalue weighted by Crippen LogP contribution is 2.27. The minimum absolute atomic E-state index is 0.0382. The highest BCUT2D eigenvalue weighted by molar-refractivity contribution is 6.02. The second-order valence-corrected chi connectivity index (χ2v) is 5.43. The normalized spacial score (nSPS) is 14.7. The largest absolute Gasteiger partial charge is 0.487 e. The number of carbonyl (C=O) groups excluding carboxylic acids is 1. The molecular weight excluding hydrogens is 301 g/mol. The Morgan fingerprint density at radius 2 is 2.04 bits per heavy atom. The van der Waals surface area contributed by atoms with Gasteiger partial charge in [0.1, 0.15) is 5.69 Å². The fourth-order valence-corrected chi connectivity index (χ4v) is 2.53. The molecule has 0 radical (unpaired) electrons. The molecule has 0 bridgehead atoms. The van der Waals surface area contributed by atoms with Crippen molar-refractivity contribution in [1.82, 2.24) is 10.2 Å². The van der Waals surface area contributed by atoms with E-state index < -0.39 is 17.3 Å². The average molecular weight is 317 g/mol. The number of hydrogen-bond acceptors (Lipinski definition) is 4. The summed E-state index contributed by atoms with van der Waals surface area (Å²) in [5, 5.41) is 8.30. The van der Waals surface area contributed by atoms with E-state index in [1.807, 2.05) is 0 Å². The van der Waals surface area contributed by atoms with E-state index in [9.17, 15) is 14.0 Å². The number of nitrogens with one attached hydrogen (secondary N) is 2. The Kier molecular flexibility index (Phi) is 4.36. The molecule has 7 heteroatoms. The van der Waals surface area contributed by atoms with Crippen LogP contribution < -0.4 is 15.6 Å². The van der Waals surface area contributed by atoms with Crippen LogP contribution in [0.1, 0.15) is 36.2 Å². The fourth-order valence-electron chi connectivity index (χ4n) is 2.53. The Labute approximate surface area is 131 Å². The molecule has 1 aromatic carbocycles. The molecule has 1 heterocycles. The summed E-state index contributed by atoms with van der Waals surface area (Å²) in [5.41, 5.74) is -0.0726. The molecule has 0 aliphatic heterocycles. The van der Waals surface area contributed by atoms with Crippen LogP contribution >= 0.6 is 0 Å². The average Bonchev–Trinajstić information content (AvgIpc) is 3.04. The van der Waals surface area contributed by atoms with Gasteiger partial charge in [-0.05, 0) is 43.9 Å². The van der Waals surface area contributed by atoms with Crippen molar-refractivity contribution < 1.29 is 13.9 Å². The summed E-state index contributed by atoms with van der Waals surface area (Å²) in [4.78, 5) is 22.9. The lowest BCUT2D eigenvalue weighted by molar-refractivity contribution is 0.102. The minimum atomic E-state index is -0.537. The van der Waals surface area contributed by atoms with Gasteiger partial charge in [-0.1, -0.05) is 0 Å². The Morgan fingerprint density at radius 3 is 2.70 bits per heavy atom. The number of halogens is 1. The number of hydrogen-bond donors (Lipinski definition) is 2. The molecule has 6 nitrogen and oxygen atoms in total. The number of amides is 1. The Bertz CT molecular complexity index is 749. The molecular formula is C16H16FN3O3. The van der Waals surface area contributed by atoms with Crippen molar-refractivity contribution in [3.05, 3.63) is 52.2 Å². The number of benzene rings is 1. The van der Waals surface area contributed by atoms with Crippen molar-refractivity contribution in [2.24, 2.45) is 0 Å². The van der Waals surface area contributed by atoms with Crippen molar-refractivity contribution >= 4 is 11.6 Å². The third kappa shape index (κ3) is 3.74. The third-order valence-corrected chi connectivity index (χ3v) is 3.70. The SMILES string of the molecule is O=C(Nc1ccc(OC2CCCC2)c(F)c1)c1ccc(=O)[nH]n1. The molecule has 2 aromatic rings. The Morgan fingerprint density at radius 1 is 1.26 bits per heavy atom. The van der Waals surface area contributed by atoms with Crippen molar-refractivity contribution in [3.8, 4) is 5.75 Å². The lowest BCUT2D eigenvalue weighted by Gasteiger charge is -2.14. The Hall–Kier alpha value is -2.70. The van der Waals surface area contributed by atoms with Gasteiger partial charge in [-0.25, -0.2) is 9.49 Å².